The van der Waals surface area contributed by atoms with Crippen molar-refractivity contribution in [2.24, 2.45) is 0 Å². The Balaban J connectivity index is 0.00000261. The second kappa shape index (κ2) is 7.72. The van der Waals surface area contributed by atoms with Crippen molar-refractivity contribution < 1.29 is 57.6 Å². The van der Waals surface area contributed by atoms with E-state index in [9.17, 15) is 33.2 Å². The maximum absolute atomic E-state index is 12.5. The molecule has 0 unspecified atom stereocenters. The summed E-state index contributed by atoms with van der Waals surface area (Å²) < 4.78 is 25.0. The van der Waals surface area contributed by atoms with Gasteiger partial charge in [-0.1, -0.05) is 6.07 Å². The van der Waals surface area contributed by atoms with Crippen LogP contribution in [0.25, 0.3) is 6.08 Å². The van der Waals surface area contributed by atoms with Gasteiger partial charge in [0, 0.05) is 12.3 Å². The van der Waals surface area contributed by atoms with Crippen molar-refractivity contribution in [3.05, 3.63) is 69.3 Å². The number of pyridine rings is 1. The summed E-state index contributed by atoms with van der Waals surface area (Å²) in [7, 11) is -4.00. The van der Waals surface area contributed by atoms with Gasteiger partial charge in [0.2, 0.25) is 6.20 Å². The summed E-state index contributed by atoms with van der Waals surface area (Å²) in [6.07, 6.45) is 3.87. The Morgan fingerprint density at radius 1 is 1.37 bits per heavy atom. The fraction of sp³-hybridized carbons (Fsp3) is 0.133. The number of hydrogen-bond acceptors (Lipinski definition) is 8. The number of β-lactam (4-membered cyclic amide) rings is 1. The van der Waals surface area contributed by atoms with Crippen LogP contribution in [0.15, 0.2) is 53.5 Å². The Morgan fingerprint density at radius 2 is 2.07 bits per heavy atom. The summed E-state index contributed by atoms with van der Waals surface area (Å²) in [6.45, 7) is 0. The predicted molar refractivity (Wildman–Crippen MR) is 84.8 cm³/mol. The molecule has 1 saturated heterocycles. The fourth-order valence-corrected chi connectivity index (χ4v) is 4.68. The van der Waals surface area contributed by atoms with Gasteiger partial charge in [0.25, 0.3) is 5.91 Å². The minimum Gasteiger partial charge on any atom is -0.543 e. The molecule has 10 nitrogen and oxygen atoms in total. The first-order valence-electron chi connectivity index (χ1n) is 7.16. The number of allylic oxidation sites excluding steroid dienone is 1. The standard InChI is InChI=1S/C15H11N3O7S.Na/c19-13-11(7-10-3-1-2-5-16-10)14-18(13)12(15(20)21)9(4-6-17(22)23)8-26(14,24)25;/h1-7,14H,8H2,(H,20,21);/q;+1/p-1/b6-4+,11-7-;/t14-;/m0./s1. The minimum absolute atomic E-state index is 0. The van der Waals surface area contributed by atoms with Gasteiger partial charge in [0.1, 0.15) is 0 Å². The van der Waals surface area contributed by atoms with Crippen LogP contribution in [0.3, 0.4) is 0 Å². The molecule has 1 atom stereocenters. The van der Waals surface area contributed by atoms with Crippen LogP contribution >= 0.6 is 0 Å². The van der Waals surface area contributed by atoms with Crippen molar-refractivity contribution in [1.29, 1.82) is 0 Å². The number of aromatic nitrogens is 1. The Hall–Kier alpha value is -2.34. The Morgan fingerprint density at radius 3 is 2.63 bits per heavy atom. The van der Waals surface area contributed by atoms with Crippen molar-refractivity contribution >= 4 is 27.8 Å². The molecule has 0 aliphatic carbocycles. The first kappa shape index (κ1) is 21.0. The van der Waals surface area contributed by atoms with Gasteiger partial charge in [-0.3, -0.25) is 24.8 Å². The molecular formula is C15H10N3NaO7S. The molecule has 27 heavy (non-hydrogen) atoms. The van der Waals surface area contributed by atoms with Crippen LogP contribution in [0.2, 0.25) is 0 Å². The molecule has 3 rings (SSSR count). The summed E-state index contributed by atoms with van der Waals surface area (Å²) in [5, 5.41) is 20.4. The molecule has 1 aromatic heterocycles. The Labute approximate surface area is 175 Å². The number of nitrogens with zero attached hydrogens (tertiary/aromatic N) is 3. The molecule has 0 radical (unpaired) electrons. The zero-order valence-corrected chi connectivity index (χ0v) is 16.8. The number of nitro groups is 1. The van der Waals surface area contributed by atoms with Crippen LogP contribution in [0.1, 0.15) is 5.69 Å². The van der Waals surface area contributed by atoms with Gasteiger partial charge in [-0.15, -0.1) is 0 Å². The third-order valence-electron chi connectivity index (χ3n) is 3.79. The normalized spacial score (nSPS) is 22.2. The number of hydrogen-bond donors (Lipinski definition) is 0. The van der Waals surface area contributed by atoms with E-state index in [1.807, 2.05) is 0 Å². The molecule has 0 N–H and O–H groups in total. The largest absolute Gasteiger partial charge is 1.00 e. The van der Waals surface area contributed by atoms with Gasteiger partial charge in [-0.2, -0.15) is 0 Å². The average Bonchev–Trinajstić information content (AvgIpc) is 2.57. The zero-order valence-electron chi connectivity index (χ0n) is 13.9. The molecule has 12 heteroatoms. The van der Waals surface area contributed by atoms with Crippen molar-refractivity contribution in [3.63, 3.8) is 0 Å². The number of sulfone groups is 1. The van der Waals surface area contributed by atoms with Crippen molar-refractivity contribution in [1.82, 2.24) is 9.88 Å². The van der Waals surface area contributed by atoms with Crippen LogP contribution in [-0.4, -0.2) is 46.2 Å². The third-order valence-corrected chi connectivity index (χ3v) is 5.65. The molecule has 0 bridgehead atoms. The number of fused-ring (bicyclic) bond motifs is 1. The molecule has 2 aliphatic heterocycles. The van der Waals surface area contributed by atoms with Crippen LogP contribution in [0.5, 0.6) is 0 Å². The quantitative estimate of drug-likeness (QED) is 0.163. The van der Waals surface area contributed by atoms with E-state index in [2.05, 4.69) is 4.98 Å². The monoisotopic (exact) mass is 399 g/mol. The number of aliphatic carboxylic acids is 1. The van der Waals surface area contributed by atoms with E-state index in [1.165, 1.54) is 12.3 Å². The molecule has 3 heterocycles. The van der Waals surface area contributed by atoms with Gasteiger partial charge < -0.3 is 9.90 Å². The topological polar surface area (TPSA) is 151 Å². The fourth-order valence-electron chi connectivity index (χ4n) is 2.78. The average molecular weight is 399 g/mol. The Kier molecular flexibility index (Phi) is 6.00. The summed E-state index contributed by atoms with van der Waals surface area (Å²) in [5.41, 5.74) is -0.863. The zero-order chi connectivity index (χ0) is 19.1. The maximum atomic E-state index is 12.5. The van der Waals surface area contributed by atoms with E-state index < -0.39 is 43.5 Å². The van der Waals surface area contributed by atoms with Crippen molar-refractivity contribution in [3.8, 4) is 0 Å². The Bertz CT molecular complexity index is 1020. The molecule has 0 spiro atoms. The van der Waals surface area contributed by atoms with Crippen LogP contribution in [0.4, 0.5) is 0 Å². The molecule has 2 aliphatic rings. The van der Waals surface area contributed by atoms with Crippen molar-refractivity contribution in [2.75, 3.05) is 5.75 Å². The van der Waals surface area contributed by atoms with Gasteiger partial charge in [0.05, 0.1) is 33.6 Å². The molecule has 1 fully saturated rings. The molecule has 134 valence electrons. The van der Waals surface area contributed by atoms with Crippen LogP contribution in [-0.2, 0) is 19.4 Å². The van der Waals surface area contributed by atoms with E-state index in [1.54, 1.807) is 18.2 Å². The van der Waals surface area contributed by atoms with Crippen LogP contribution < -0.4 is 34.7 Å². The number of carboxylic acid groups (broad SMARTS) is 1. The molecule has 1 aromatic rings. The molecular weight excluding hydrogens is 389 g/mol. The predicted octanol–water partition coefficient (Wildman–Crippen LogP) is -4.14. The van der Waals surface area contributed by atoms with Gasteiger partial charge in [-0.05, 0) is 23.8 Å². The number of amides is 1. The summed E-state index contributed by atoms with van der Waals surface area (Å²) in [4.78, 5) is 37.9. The molecule has 0 saturated carbocycles. The number of rotatable bonds is 4. The van der Waals surface area contributed by atoms with Crippen molar-refractivity contribution in [2.45, 2.75) is 5.37 Å². The minimum atomic E-state index is -4.00. The number of carbonyl (C=O) groups excluding carboxylic acids is 2. The number of carboxylic acids is 1. The maximum Gasteiger partial charge on any atom is 1.00 e. The van der Waals surface area contributed by atoms with E-state index in [4.69, 9.17) is 0 Å². The smallest absolute Gasteiger partial charge is 0.543 e. The summed E-state index contributed by atoms with van der Waals surface area (Å²) in [6, 6.07) is 4.83. The van der Waals surface area contributed by atoms with E-state index >= 15 is 0 Å². The third kappa shape index (κ3) is 3.86. The summed E-state index contributed by atoms with van der Waals surface area (Å²) in [5.74, 6) is -3.40. The van der Waals surface area contributed by atoms with Gasteiger partial charge >= 0.3 is 29.6 Å². The van der Waals surface area contributed by atoms with Gasteiger partial charge in [0.15, 0.2) is 15.2 Å². The molecule has 0 aromatic carbocycles. The molecule has 1 amide bonds. The van der Waals surface area contributed by atoms with E-state index in [0.717, 1.165) is 6.08 Å². The summed E-state index contributed by atoms with van der Waals surface area (Å²) >= 11 is 0. The van der Waals surface area contributed by atoms with Gasteiger partial charge in [-0.25, -0.2) is 8.42 Å². The second-order valence-electron chi connectivity index (χ2n) is 5.45. The first-order chi connectivity index (χ1) is 12.2. The first-order valence-corrected chi connectivity index (χ1v) is 8.88. The second-order valence-corrected chi connectivity index (χ2v) is 7.51. The number of carbonyl (C=O) groups is 2. The van der Waals surface area contributed by atoms with E-state index in [-0.39, 0.29) is 40.7 Å². The SMILES string of the molecule is O=C([O-])C1=C(/C=C/[N+](=O)[O-])CS(=O)(=O)[C@H]2/C(=C\c3ccccn3)C(=O)N12.[Na+]. The van der Waals surface area contributed by atoms with Crippen LogP contribution in [0, 0.1) is 10.1 Å². The van der Waals surface area contributed by atoms with E-state index in [0.29, 0.717) is 16.8 Å².